The fraction of sp³-hybridized carbons (Fsp3) is 0.133. The molecule has 0 fully saturated rings. The molecule has 0 atom stereocenters. The van der Waals surface area contributed by atoms with E-state index in [4.69, 9.17) is 5.11 Å². The largest absolute Gasteiger partial charge is 0.501 e. The summed E-state index contributed by atoms with van der Waals surface area (Å²) in [6, 6.07) is 7.23. The zero-order chi connectivity index (χ0) is 20.6. The van der Waals surface area contributed by atoms with Crippen LogP contribution in [-0.4, -0.2) is 33.4 Å². The van der Waals surface area contributed by atoms with Gasteiger partial charge >= 0.3 is 11.5 Å². The summed E-state index contributed by atoms with van der Waals surface area (Å²) in [5.74, 6) is -2.44. The summed E-state index contributed by atoms with van der Waals surface area (Å²) < 4.78 is 87.1. The highest BCUT2D eigenvalue weighted by Gasteiger charge is 2.47. The van der Waals surface area contributed by atoms with Crippen LogP contribution in [0.15, 0.2) is 56.7 Å². The van der Waals surface area contributed by atoms with Crippen molar-refractivity contribution in [3.63, 3.8) is 0 Å². The molecule has 0 amide bonds. The Labute approximate surface area is 160 Å². The van der Waals surface area contributed by atoms with E-state index >= 15 is 0 Å². The molecular weight excluding hydrogens is 477 g/mol. The number of carboxylic acids is 1. The minimum Gasteiger partial charge on any atom is -0.478 e. The lowest BCUT2D eigenvalue weighted by atomic mass is 10.2. The highest BCUT2D eigenvalue weighted by Crippen LogP contribution is 2.32. The molecule has 2 aromatic rings. The zero-order valence-electron chi connectivity index (χ0n) is 13.1. The van der Waals surface area contributed by atoms with Crippen molar-refractivity contribution in [2.24, 2.45) is 0 Å². The molecule has 0 spiro atoms. The molecule has 1 N–H and O–H groups in total. The van der Waals surface area contributed by atoms with Gasteiger partial charge in [-0.3, -0.25) is 0 Å². The van der Waals surface area contributed by atoms with Crippen LogP contribution in [0.2, 0.25) is 0 Å². The van der Waals surface area contributed by atoms with Crippen LogP contribution < -0.4 is 0 Å². The Morgan fingerprint density at radius 1 is 1.00 bits per heavy atom. The van der Waals surface area contributed by atoms with Crippen molar-refractivity contribution in [3.8, 4) is 0 Å². The van der Waals surface area contributed by atoms with Gasteiger partial charge in [0.1, 0.15) is 0 Å². The lowest BCUT2D eigenvalue weighted by Gasteiger charge is -2.12. The highest BCUT2D eigenvalue weighted by molar-refractivity contribution is 9.10. The third-order valence-corrected chi connectivity index (χ3v) is 6.97. The van der Waals surface area contributed by atoms with Crippen molar-refractivity contribution in [2.75, 3.05) is 0 Å². The maximum Gasteiger partial charge on any atom is 0.501 e. The van der Waals surface area contributed by atoms with Gasteiger partial charge in [-0.25, -0.2) is 21.6 Å². The molecule has 6 nitrogen and oxygen atoms in total. The monoisotopic (exact) mass is 486 g/mol. The standard InChI is InChI=1S/C15H10BrF3O6S2/c16-11-3-1-2-9(4-11)8-26(22,23)12-5-10(14(20)21)6-13(7-12)27(24,25)15(17,18)19/h1-7H,8H2,(H,20,21). The number of halogens is 4. The number of hydrogen-bond donors (Lipinski definition) is 1. The minimum atomic E-state index is -5.93. The molecule has 0 aliphatic rings. The van der Waals surface area contributed by atoms with E-state index in [1.165, 1.54) is 18.2 Å². The van der Waals surface area contributed by atoms with Crippen molar-refractivity contribution in [2.45, 2.75) is 21.1 Å². The Morgan fingerprint density at radius 2 is 1.59 bits per heavy atom. The first kappa shape index (κ1) is 21.4. The lowest BCUT2D eigenvalue weighted by Crippen LogP contribution is -2.24. The Kier molecular flexibility index (Phi) is 5.74. The average Bonchev–Trinajstić information content (AvgIpc) is 2.52. The molecule has 0 aromatic heterocycles. The van der Waals surface area contributed by atoms with Gasteiger partial charge in [0.05, 0.1) is 21.1 Å². The smallest absolute Gasteiger partial charge is 0.478 e. The van der Waals surface area contributed by atoms with E-state index in [2.05, 4.69) is 15.9 Å². The molecular formula is C15H10BrF3O6S2. The number of hydrogen-bond acceptors (Lipinski definition) is 5. The van der Waals surface area contributed by atoms with E-state index in [0.29, 0.717) is 16.6 Å². The number of benzene rings is 2. The van der Waals surface area contributed by atoms with Crippen LogP contribution in [0.3, 0.4) is 0 Å². The van der Waals surface area contributed by atoms with Gasteiger partial charge in [0.15, 0.2) is 9.84 Å². The van der Waals surface area contributed by atoms with E-state index in [1.54, 1.807) is 6.07 Å². The summed E-state index contributed by atoms with van der Waals surface area (Å²) in [4.78, 5) is 8.84. The van der Waals surface area contributed by atoms with Crippen LogP contribution >= 0.6 is 15.9 Å². The Hall–Kier alpha value is -1.92. The zero-order valence-corrected chi connectivity index (χ0v) is 16.3. The minimum absolute atomic E-state index is 0.267. The fourth-order valence-electron chi connectivity index (χ4n) is 2.09. The van der Waals surface area contributed by atoms with E-state index in [0.717, 1.165) is 0 Å². The molecule has 146 valence electrons. The molecule has 0 radical (unpaired) electrons. The van der Waals surface area contributed by atoms with Gasteiger partial charge in [-0.15, -0.1) is 0 Å². The predicted molar refractivity (Wildman–Crippen MR) is 91.7 cm³/mol. The normalized spacial score (nSPS) is 12.7. The van der Waals surface area contributed by atoms with Crippen molar-refractivity contribution in [1.82, 2.24) is 0 Å². The van der Waals surface area contributed by atoms with Gasteiger partial charge < -0.3 is 5.11 Å². The molecule has 0 unspecified atom stereocenters. The summed E-state index contributed by atoms with van der Waals surface area (Å²) in [5, 5.41) is 9.02. The SMILES string of the molecule is O=C(O)c1cc(S(=O)(=O)Cc2cccc(Br)c2)cc(S(=O)(=O)C(F)(F)F)c1. The van der Waals surface area contributed by atoms with E-state index in [1.807, 2.05) is 0 Å². The molecule has 0 aliphatic heterocycles. The van der Waals surface area contributed by atoms with E-state index < -0.39 is 52.3 Å². The van der Waals surface area contributed by atoms with E-state index in [-0.39, 0.29) is 11.6 Å². The highest BCUT2D eigenvalue weighted by atomic mass is 79.9. The van der Waals surface area contributed by atoms with Gasteiger partial charge in [0.2, 0.25) is 0 Å². The van der Waals surface area contributed by atoms with Gasteiger partial charge in [-0.2, -0.15) is 13.2 Å². The molecule has 0 aliphatic carbocycles. The second kappa shape index (κ2) is 7.24. The van der Waals surface area contributed by atoms with Crippen LogP contribution in [0.25, 0.3) is 0 Å². The Bertz CT molecular complexity index is 1110. The van der Waals surface area contributed by atoms with E-state index in [9.17, 15) is 34.8 Å². The van der Waals surface area contributed by atoms with Crippen molar-refractivity contribution in [3.05, 3.63) is 58.1 Å². The summed E-state index contributed by atoms with van der Waals surface area (Å²) in [6.45, 7) is 0. The number of carboxylic acid groups (broad SMARTS) is 1. The van der Waals surface area contributed by atoms with Crippen molar-refractivity contribution in [1.29, 1.82) is 0 Å². The Balaban J connectivity index is 2.64. The third kappa shape index (κ3) is 4.68. The third-order valence-electron chi connectivity index (χ3n) is 3.35. The molecule has 0 heterocycles. The van der Waals surface area contributed by atoms with Gasteiger partial charge in [0.25, 0.3) is 9.84 Å². The number of aromatic carboxylic acids is 1. The van der Waals surface area contributed by atoms with Crippen LogP contribution in [0, 0.1) is 0 Å². The molecule has 0 saturated carbocycles. The number of rotatable bonds is 5. The van der Waals surface area contributed by atoms with Gasteiger partial charge in [-0.05, 0) is 35.9 Å². The van der Waals surface area contributed by atoms with Crippen LogP contribution in [0.1, 0.15) is 15.9 Å². The first-order valence-corrected chi connectivity index (χ1v) is 10.8. The van der Waals surface area contributed by atoms with Crippen LogP contribution in [0.5, 0.6) is 0 Å². The fourth-order valence-corrected chi connectivity index (χ4v) is 4.84. The van der Waals surface area contributed by atoms with Crippen LogP contribution in [0.4, 0.5) is 13.2 Å². The number of carbonyl (C=O) groups is 1. The van der Waals surface area contributed by atoms with Gasteiger partial charge in [-0.1, -0.05) is 28.1 Å². The quantitative estimate of drug-likeness (QED) is 0.693. The first-order chi connectivity index (χ1) is 12.2. The topological polar surface area (TPSA) is 106 Å². The number of alkyl halides is 3. The maximum atomic E-state index is 12.8. The summed E-state index contributed by atoms with van der Waals surface area (Å²) in [5.41, 5.74) is -6.34. The molecule has 2 aromatic carbocycles. The van der Waals surface area contributed by atoms with Crippen LogP contribution in [-0.2, 0) is 25.4 Å². The first-order valence-electron chi connectivity index (χ1n) is 6.91. The number of sulfone groups is 2. The van der Waals surface area contributed by atoms with Gasteiger partial charge in [0, 0.05) is 4.47 Å². The predicted octanol–water partition coefficient (Wildman–Crippen LogP) is 3.41. The molecule has 0 bridgehead atoms. The lowest BCUT2D eigenvalue weighted by molar-refractivity contribution is -0.0436. The van der Waals surface area contributed by atoms with Crippen molar-refractivity contribution < 1.29 is 39.9 Å². The van der Waals surface area contributed by atoms with Crippen molar-refractivity contribution >= 4 is 41.6 Å². The second-order valence-corrected chi connectivity index (χ2v) is 10.2. The summed E-state index contributed by atoms with van der Waals surface area (Å²) in [7, 11) is -10.3. The summed E-state index contributed by atoms with van der Waals surface area (Å²) >= 11 is 3.14. The molecule has 0 saturated heterocycles. The second-order valence-electron chi connectivity index (χ2n) is 5.34. The average molecular weight is 487 g/mol. The Morgan fingerprint density at radius 3 is 2.11 bits per heavy atom. The molecule has 2 rings (SSSR count). The maximum absolute atomic E-state index is 12.8. The molecule has 27 heavy (non-hydrogen) atoms. The molecule has 12 heteroatoms. The summed E-state index contributed by atoms with van der Waals surface area (Å²) in [6.07, 6.45) is 0.